The summed E-state index contributed by atoms with van der Waals surface area (Å²) < 4.78 is 0. The Morgan fingerprint density at radius 1 is 1.24 bits per heavy atom. The molecule has 1 saturated heterocycles. The molecule has 2 nitrogen and oxygen atoms in total. The molecule has 94 valence electrons. The lowest BCUT2D eigenvalue weighted by molar-refractivity contribution is 0.275. The van der Waals surface area contributed by atoms with Gasteiger partial charge in [-0.05, 0) is 51.2 Å². The molecule has 0 aromatic heterocycles. The number of aliphatic hydroxyl groups excluding tert-OH is 1. The Bertz CT molecular complexity index is 377. The van der Waals surface area contributed by atoms with Crippen molar-refractivity contribution in [3.05, 3.63) is 28.8 Å². The number of aryl methyl sites for hydroxylation is 3. The normalized spacial score (nSPS) is 20.0. The Morgan fingerprint density at radius 3 is 2.47 bits per heavy atom. The SMILES string of the molecule is Cc1cc(C)c(N2CCCC2CCO)c(C)c1. The van der Waals surface area contributed by atoms with Crippen LogP contribution in [0, 0.1) is 20.8 Å². The first-order valence-electron chi connectivity index (χ1n) is 6.59. The van der Waals surface area contributed by atoms with Crippen molar-refractivity contribution in [3.63, 3.8) is 0 Å². The van der Waals surface area contributed by atoms with Gasteiger partial charge in [0.05, 0.1) is 0 Å². The van der Waals surface area contributed by atoms with E-state index in [0.717, 1.165) is 13.0 Å². The summed E-state index contributed by atoms with van der Waals surface area (Å²) in [6.07, 6.45) is 3.36. The number of hydrogen-bond donors (Lipinski definition) is 1. The van der Waals surface area contributed by atoms with Crippen molar-refractivity contribution in [2.75, 3.05) is 18.1 Å². The summed E-state index contributed by atoms with van der Waals surface area (Å²) in [5, 5.41) is 9.15. The Kier molecular flexibility index (Phi) is 3.72. The zero-order valence-electron chi connectivity index (χ0n) is 11.2. The number of hydrogen-bond acceptors (Lipinski definition) is 2. The first-order chi connectivity index (χ1) is 8.13. The van der Waals surface area contributed by atoms with Gasteiger partial charge in [0.1, 0.15) is 0 Å². The van der Waals surface area contributed by atoms with E-state index in [0.29, 0.717) is 12.6 Å². The molecule has 0 aliphatic carbocycles. The van der Waals surface area contributed by atoms with Gasteiger partial charge in [-0.25, -0.2) is 0 Å². The van der Waals surface area contributed by atoms with Crippen molar-refractivity contribution in [2.45, 2.75) is 46.1 Å². The predicted octanol–water partition coefficient (Wildman–Crippen LogP) is 2.96. The molecule has 1 atom stereocenters. The predicted molar refractivity (Wildman–Crippen MR) is 72.7 cm³/mol. The fourth-order valence-corrected chi connectivity index (χ4v) is 3.20. The molecule has 0 radical (unpaired) electrons. The highest BCUT2D eigenvalue weighted by Gasteiger charge is 2.26. The number of rotatable bonds is 3. The van der Waals surface area contributed by atoms with E-state index in [4.69, 9.17) is 5.11 Å². The lowest BCUT2D eigenvalue weighted by Crippen LogP contribution is -2.31. The largest absolute Gasteiger partial charge is 0.396 e. The van der Waals surface area contributed by atoms with Crippen LogP contribution in [0.15, 0.2) is 12.1 Å². The van der Waals surface area contributed by atoms with Gasteiger partial charge in [-0.2, -0.15) is 0 Å². The molecule has 0 saturated carbocycles. The van der Waals surface area contributed by atoms with E-state index in [9.17, 15) is 0 Å². The Balaban J connectivity index is 2.33. The number of benzene rings is 1. The van der Waals surface area contributed by atoms with Crippen molar-refractivity contribution in [2.24, 2.45) is 0 Å². The Labute approximate surface area is 104 Å². The fraction of sp³-hybridized carbons (Fsp3) is 0.600. The smallest absolute Gasteiger partial charge is 0.0450 e. The van der Waals surface area contributed by atoms with Gasteiger partial charge in [-0.3, -0.25) is 0 Å². The highest BCUT2D eigenvalue weighted by atomic mass is 16.3. The molecule has 1 N–H and O–H groups in total. The van der Waals surface area contributed by atoms with E-state index in [1.165, 1.54) is 35.2 Å². The van der Waals surface area contributed by atoms with Crippen LogP contribution in [0.1, 0.15) is 36.0 Å². The maximum Gasteiger partial charge on any atom is 0.0450 e. The number of aliphatic hydroxyl groups is 1. The molecule has 0 spiro atoms. The summed E-state index contributed by atoms with van der Waals surface area (Å²) in [7, 11) is 0. The van der Waals surface area contributed by atoms with Crippen LogP contribution in [-0.2, 0) is 0 Å². The van der Waals surface area contributed by atoms with Crippen molar-refractivity contribution in [1.82, 2.24) is 0 Å². The van der Waals surface area contributed by atoms with Gasteiger partial charge in [-0.1, -0.05) is 17.7 Å². The van der Waals surface area contributed by atoms with E-state index in [1.54, 1.807) is 0 Å². The van der Waals surface area contributed by atoms with Crippen LogP contribution in [-0.4, -0.2) is 24.3 Å². The van der Waals surface area contributed by atoms with Gasteiger partial charge >= 0.3 is 0 Å². The third kappa shape index (κ3) is 2.47. The van der Waals surface area contributed by atoms with Crippen LogP contribution in [0.25, 0.3) is 0 Å². The van der Waals surface area contributed by atoms with Crippen LogP contribution < -0.4 is 4.90 Å². The molecule has 1 unspecified atom stereocenters. The molecule has 2 rings (SSSR count). The standard InChI is InChI=1S/C15H23NO/c1-11-9-12(2)15(13(3)10-11)16-7-4-5-14(16)6-8-17/h9-10,14,17H,4-8H2,1-3H3. The molecule has 1 aliphatic heterocycles. The highest BCUT2D eigenvalue weighted by molar-refractivity contribution is 5.61. The molecule has 1 heterocycles. The minimum Gasteiger partial charge on any atom is -0.396 e. The molecule has 1 fully saturated rings. The van der Waals surface area contributed by atoms with E-state index in [-0.39, 0.29) is 0 Å². The third-order valence-corrected chi connectivity index (χ3v) is 3.76. The average molecular weight is 233 g/mol. The summed E-state index contributed by atoms with van der Waals surface area (Å²) in [5.74, 6) is 0. The highest BCUT2D eigenvalue weighted by Crippen LogP contribution is 2.33. The molecule has 1 aromatic carbocycles. The van der Waals surface area contributed by atoms with Crippen molar-refractivity contribution in [3.8, 4) is 0 Å². The second-order valence-corrected chi connectivity index (χ2v) is 5.25. The van der Waals surface area contributed by atoms with Gasteiger partial charge in [-0.15, -0.1) is 0 Å². The van der Waals surface area contributed by atoms with Crippen LogP contribution in [0.2, 0.25) is 0 Å². The molecular weight excluding hydrogens is 210 g/mol. The van der Waals surface area contributed by atoms with Crippen LogP contribution in [0.3, 0.4) is 0 Å². The van der Waals surface area contributed by atoms with Crippen LogP contribution in [0.5, 0.6) is 0 Å². The molecule has 0 amide bonds. The third-order valence-electron chi connectivity index (χ3n) is 3.76. The van der Waals surface area contributed by atoms with Gasteiger partial charge in [0.15, 0.2) is 0 Å². The minimum absolute atomic E-state index is 0.297. The maximum absolute atomic E-state index is 9.15. The van der Waals surface area contributed by atoms with E-state index >= 15 is 0 Å². The second kappa shape index (κ2) is 5.09. The molecule has 17 heavy (non-hydrogen) atoms. The summed E-state index contributed by atoms with van der Waals surface area (Å²) in [4.78, 5) is 2.50. The van der Waals surface area contributed by atoms with Crippen molar-refractivity contribution in [1.29, 1.82) is 0 Å². The van der Waals surface area contributed by atoms with Gasteiger partial charge in [0, 0.05) is 24.9 Å². The van der Waals surface area contributed by atoms with Crippen molar-refractivity contribution < 1.29 is 5.11 Å². The molecule has 0 bridgehead atoms. The number of anilines is 1. The first kappa shape index (κ1) is 12.4. The zero-order valence-corrected chi connectivity index (χ0v) is 11.2. The zero-order chi connectivity index (χ0) is 12.4. The van der Waals surface area contributed by atoms with Gasteiger partial charge in [0.25, 0.3) is 0 Å². The van der Waals surface area contributed by atoms with Gasteiger partial charge < -0.3 is 10.0 Å². The van der Waals surface area contributed by atoms with Crippen LogP contribution >= 0.6 is 0 Å². The molecule has 2 heteroatoms. The molecule has 1 aromatic rings. The Hall–Kier alpha value is -1.02. The summed E-state index contributed by atoms with van der Waals surface area (Å²) >= 11 is 0. The fourth-order valence-electron chi connectivity index (χ4n) is 3.20. The van der Waals surface area contributed by atoms with Crippen molar-refractivity contribution >= 4 is 5.69 Å². The average Bonchev–Trinajstić information content (AvgIpc) is 2.65. The summed E-state index contributed by atoms with van der Waals surface area (Å²) in [6, 6.07) is 5.05. The number of nitrogens with zero attached hydrogens (tertiary/aromatic N) is 1. The quantitative estimate of drug-likeness (QED) is 0.867. The second-order valence-electron chi connectivity index (χ2n) is 5.25. The molecular formula is C15H23NO. The van der Waals surface area contributed by atoms with E-state index in [2.05, 4.69) is 37.8 Å². The van der Waals surface area contributed by atoms with E-state index in [1.807, 2.05) is 0 Å². The lowest BCUT2D eigenvalue weighted by Gasteiger charge is -2.30. The van der Waals surface area contributed by atoms with Crippen LogP contribution in [0.4, 0.5) is 5.69 Å². The van der Waals surface area contributed by atoms with E-state index < -0.39 is 0 Å². The van der Waals surface area contributed by atoms with Gasteiger partial charge in [0.2, 0.25) is 0 Å². The topological polar surface area (TPSA) is 23.5 Å². The minimum atomic E-state index is 0.297. The monoisotopic (exact) mass is 233 g/mol. The maximum atomic E-state index is 9.15. The lowest BCUT2D eigenvalue weighted by atomic mass is 10.0. The molecule has 1 aliphatic rings. The Morgan fingerprint density at radius 2 is 1.88 bits per heavy atom. The first-order valence-corrected chi connectivity index (χ1v) is 6.59. The summed E-state index contributed by atoms with van der Waals surface area (Å²) in [6.45, 7) is 7.98. The summed E-state index contributed by atoms with van der Waals surface area (Å²) in [5.41, 5.74) is 5.47.